The minimum Gasteiger partial charge on any atom is -0.275 e. The third kappa shape index (κ3) is 3.07. The summed E-state index contributed by atoms with van der Waals surface area (Å²) in [4.78, 5) is 4.93. The maximum Gasteiger partial charge on any atom is 0.224 e. The van der Waals surface area contributed by atoms with E-state index >= 15 is 0 Å². The average molecular weight is 140 g/mol. The molecular weight excluding hydrogens is 126 g/mol. The average Bonchev–Trinajstić information content (AvgIpc) is 1.99. The van der Waals surface area contributed by atoms with Gasteiger partial charge in [0.25, 0.3) is 0 Å². The van der Waals surface area contributed by atoms with Crippen molar-refractivity contribution in [1.29, 1.82) is 0 Å². The van der Waals surface area contributed by atoms with E-state index in [1.54, 1.807) is 17.9 Å². The molecule has 0 aliphatic rings. The zero-order valence-corrected chi connectivity index (χ0v) is 6.79. The number of hydrogen-bond acceptors (Lipinski definition) is 1. The summed E-state index contributed by atoms with van der Waals surface area (Å²) in [5.41, 5.74) is 1.07. The Bertz CT molecular complexity index is 168. The lowest BCUT2D eigenvalue weighted by molar-refractivity contribution is -0.729. The smallest absolute Gasteiger partial charge is 0.224 e. The molecule has 0 unspecified atom stereocenters. The second kappa shape index (κ2) is 4.79. The highest BCUT2D eigenvalue weighted by molar-refractivity contribution is 5.46. The molecule has 0 radical (unpaired) electrons. The van der Waals surface area contributed by atoms with Crippen molar-refractivity contribution >= 4 is 6.21 Å². The number of hydroxylamine groups is 1. The van der Waals surface area contributed by atoms with Crippen molar-refractivity contribution < 1.29 is 9.58 Å². The predicted molar refractivity (Wildman–Crippen MR) is 43.0 cm³/mol. The van der Waals surface area contributed by atoms with Gasteiger partial charge in [0.1, 0.15) is 7.11 Å². The Kier molecular flexibility index (Phi) is 4.29. The molecule has 0 bridgehead atoms. The summed E-state index contributed by atoms with van der Waals surface area (Å²) in [6, 6.07) is 0. The zero-order chi connectivity index (χ0) is 7.98. The third-order valence-corrected chi connectivity index (χ3v) is 1.12. The van der Waals surface area contributed by atoms with E-state index in [0.717, 1.165) is 5.57 Å². The normalized spacial score (nSPS) is 13.1. The van der Waals surface area contributed by atoms with Crippen molar-refractivity contribution in [2.24, 2.45) is 0 Å². The molecule has 0 aliphatic carbocycles. The van der Waals surface area contributed by atoms with E-state index in [2.05, 4.69) is 6.58 Å². The lowest BCUT2D eigenvalue weighted by atomic mass is 10.3. The molecule has 0 saturated carbocycles. The van der Waals surface area contributed by atoms with Crippen LogP contribution in [-0.4, -0.2) is 18.1 Å². The largest absolute Gasteiger partial charge is 0.275 e. The highest BCUT2D eigenvalue weighted by atomic mass is 16.6. The summed E-state index contributed by atoms with van der Waals surface area (Å²) in [7, 11) is 1.62. The van der Waals surface area contributed by atoms with Crippen LogP contribution in [0.25, 0.3) is 0 Å². The van der Waals surface area contributed by atoms with Gasteiger partial charge in [-0.1, -0.05) is 12.7 Å². The zero-order valence-electron chi connectivity index (χ0n) is 6.79. The van der Waals surface area contributed by atoms with Gasteiger partial charge in [0.05, 0.1) is 0 Å². The van der Waals surface area contributed by atoms with Gasteiger partial charge in [-0.2, -0.15) is 0 Å². The van der Waals surface area contributed by atoms with Gasteiger partial charge in [0.2, 0.25) is 6.20 Å². The second-order valence-electron chi connectivity index (χ2n) is 1.88. The second-order valence-corrected chi connectivity index (χ2v) is 1.88. The molecular formula is C8H14NO+. The summed E-state index contributed by atoms with van der Waals surface area (Å²) < 4.78 is 1.62. The molecule has 2 heteroatoms. The lowest BCUT2D eigenvalue weighted by Crippen LogP contribution is -2.02. The van der Waals surface area contributed by atoms with Crippen LogP contribution in [0.15, 0.2) is 24.4 Å². The Labute approximate surface area is 62.1 Å². The Hall–Kier alpha value is -1.05. The van der Waals surface area contributed by atoms with Crippen LogP contribution in [0.4, 0.5) is 0 Å². The van der Waals surface area contributed by atoms with E-state index in [1.807, 2.05) is 26.3 Å². The number of allylic oxidation sites excluding steroid dienone is 2. The molecule has 0 fully saturated rings. The highest BCUT2D eigenvalue weighted by Gasteiger charge is 1.93. The van der Waals surface area contributed by atoms with Crippen LogP contribution >= 0.6 is 0 Å². The maximum atomic E-state index is 4.93. The van der Waals surface area contributed by atoms with Crippen molar-refractivity contribution in [3.05, 3.63) is 24.4 Å². The van der Waals surface area contributed by atoms with E-state index in [0.29, 0.717) is 0 Å². The standard InChI is InChI=1S/C8H14NO/c1-5-8(3)7-9(6-2)10-4/h5-7H,1H2,2-4H3/q+1. The number of hydrogen-bond donors (Lipinski definition) is 0. The minimum absolute atomic E-state index is 1.07. The molecule has 10 heavy (non-hydrogen) atoms. The monoisotopic (exact) mass is 140 g/mol. The topological polar surface area (TPSA) is 12.2 Å². The molecule has 2 nitrogen and oxygen atoms in total. The lowest BCUT2D eigenvalue weighted by Gasteiger charge is -1.90. The van der Waals surface area contributed by atoms with Gasteiger partial charge in [-0.05, 0) is 11.7 Å². The molecule has 56 valence electrons. The molecule has 0 saturated heterocycles. The van der Waals surface area contributed by atoms with E-state index in [4.69, 9.17) is 4.84 Å². The molecule has 0 aromatic rings. The molecule has 0 N–H and O–H groups in total. The fourth-order valence-electron chi connectivity index (χ4n) is 0.486. The first-order chi connectivity index (χ1) is 4.74. The van der Waals surface area contributed by atoms with Crippen molar-refractivity contribution in [3.8, 4) is 0 Å². The Balaban J connectivity index is 4.22. The van der Waals surface area contributed by atoms with Crippen LogP contribution in [-0.2, 0) is 4.84 Å². The molecule has 0 rings (SSSR count). The summed E-state index contributed by atoms with van der Waals surface area (Å²) in [6.07, 6.45) is 5.45. The fourth-order valence-corrected chi connectivity index (χ4v) is 0.486. The first-order valence-corrected chi connectivity index (χ1v) is 3.17. The van der Waals surface area contributed by atoms with Crippen molar-refractivity contribution in [1.82, 2.24) is 0 Å². The van der Waals surface area contributed by atoms with Crippen LogP contribution in [0.5, 0.6) is 0 Å². The highest BCUT2D eigenvalue weighted by Crippen LogP contribution is 1.92. The molecule has 0 aromatic carbocycles. The summed E-state index contributed by atoms with van der Waals surface area (Å²) in [6.45, 7) is 7.48. The minimum atomic E-state index is 1.07. The first kappa shape index (κ1) is 8.95. The van der Waals surface area contributed by atoms with Crippen LogP contribution < -0.4 is 0 Å². The fraction of sp³-hybridized carbons (Fsp3) is 0.375. The van der Waals surface area contributed by atoms with Crippen molar-refractivity contribution in [2.75, 3.05) is 7.11 Å². The predicted octanol–water partition coefficient (Wildman–Crippen LogP) is 1.74. The molecule has 0 aliphatic heterocycles. The van der Waals surface area contributed by atoms with Gasteiger partial charge < -0.3 is 0 Å². The molecule has 0 atom stereocenters. The summed E-state index contributed by atoms with van der Waals surface area (Å²) >= 11 is 0. The molecule has 0 amide bonds. The van der Waals surface area contributed by atoms with Crippen LogP contribution in [0, 0.1) is 0 Å². The molecule has 0 heterocycles. The Morgan fingerprint density at radius 1 is 1.60 bits per heavy atom. The van der Waals surface area contributed by atoms with Gasteiger partial charge in [-0.25, -0.2) is 0 Å². The van der Waals surface area contributed by atoms with Gasteiger partial charge in [0, 0.05) is 12.5 Å². The first-order valence-electron chi connectivity index (χ1n) is 3.17. The van der Waals surface area contributed by atoms with Crippen LogP contribution in [0.1, 0.15) is 13.8 Å². The number of rotatable bonds is 3. The molecule has 0 aromatic heterocycles. The number of nitrogens with zero attached hydrogens (tertiary/aromatic N) is 1. The van der Waals surface area contributed by atoms with E-state index < -0.39 is 0 Å². The Morgan fingerprint density at radius 2 is 2.20 bits per heavy atom. The van der Waals surface area contributed by atoms with Gasteiger partial charge in [-0.3, -0.25) is 4.84 Å². The molecule has 0 spiro atoms. The van der Waals surface area contributed by atoms with Crippen LogP contribution in [0.3, 0.4) is 0 Å². The van der Waals surface area contributed by atoms with Crippen LogP contribution in [0.2, 0.25) is 0 Å². The van der Waals surface area contributed by atoms with Gasteiger partial charge in [-0.15, -0.1) is 0 Å². The quantitative estimate of drug-likeness (QED) is 0.252. The maximum absolute atomic E-state index is 4.93. The van der Waals surface area contributed by atoms with E-state index in [1.165, 1.54) is 0 Å². The Morgan fingerprint density at radius 3 is 2.50 bits per heavy atom. The van der Waals surface area contributed by atoms with Crippen molar-refractivity contribution in [2.45, 2.75) is 13.8 Å². The van der Waals surface area contributed by atoms with Crippen molar-refractivity contribution in [3.63, 3.8) is 0 Å². The SMILES string of the molecule is C=CC(C)=C[N+](=CC)OC. The summed E-state index contributed by atoms with van der Waals surface area (Å²) in [5.74, 6) is 0. The summed E-state index contributed by atoms with van der Waals surface area (Å²) in [5, 5.41) is 0. The van der Waals surface area contributed by atoms with Gasteiger partial charge >= 0.3 is 0 Å². The van der Waals surface area contributed by atoms with Gasteiger partial charge in [0.15, 0.2) is 6.21 Å². The third-order valence-electron chi connectivity index (χ3n) is 1.12. The van der Waals surface area contributed by atoms with E-state index in [-0.39, 0.29) is 0 Å². The van der Waals surface area contributed by atoms with E-state index in [9.17, 15) is 0 Å².